The Bertz CT molecular complexity index is 1040. The van der Waals surface area contributed by atoms with Crippen LogP contribution in [0.1, 0.15) is 25.7 Å². The van der Waals surface area contributed by atoms with E-state index in [0.29, 0.717) is 0 Å². The van der Waals surface area contributed by atoms with Crippen LogP contribution in [0, 0.1) is 0 Å². The molecule has 0 spiro atoms. The normalized spacial score (nSPS) is 11.8. The van der Waals surface area contributed by atoms with Gasteiger partial charge in [-0.15, -0.1) is 23.2 Å². The number of aliphatic carboxylic acids is 2. The highest BCUT2D eigenvalue weighted by Crippen LogP contribution is 2.06. The number of carbonyl (C=O) groups excluding carboxylic acids is 6. The maximum Gasteiger partial charge on any atom is 0.326 e. The van der Waals surface area contributed by atoms with E-state index in [1.165, 1.54) is 4.90 Å². The van der Waals surface area contributed by atoms with Crippen molar-refractivity contribution in [1.82, 2.24) is 31.5 Å². The first-order valence-corrected chi connectivity index (χ1v) is 16.5. The van der Waals surface area contributed by atoms with Gasteiger partial charge in [0.1, 0.15) is 30.5 Å². The Morgan fingerprint density at radius 1 is 0.660 bits per heavy atom. The minimum Gasteiger partial charge on any atom is -0.481 e. The van der Waals surface area contributed by atoms with Crippen molar-refractivity contribution in [2.75, 3.05) is 76.2 Å². The van der Waals surface area contributed by atoms with Crippen molar-refractivity contribution in [3.8, 4) is 0 Å². The number of rotatable bonds is 27. The van der Waals surface area contributed by atoms with Gasteiger partial charge < -0.3 is 51.2 Å². The van der Waals surface area contributed by atoms with Crippen molar-refractivity contribution in [2.45, 2.75) is 37.8 Å². The molecular formula is C26H41BrCl2N6O12. The molecule has 0 aliphatic carbocycles. The lowest BCUT2D eigenvalue weighted by molar-refractivity contribution is -0.143. The first-order valence-electron chi connectivity index (χ1n) is 14.3. The number of hydrogen-bond donors (Lipinski definition) is 7. The van der Waals surface area contributed by atoms with Crippen LogP contribution in [0.25, 0.3) is 0 Å². The molecule has 0 bridgehead atoms. The van der Waals surface area contributed by atoms with Crippen LogP contribution >= 0.6 is 39.1 Å². The van der Waals surface area contributed by atoms with Gasteiger partial charge in [0.05, 0.1) is 25.2 Å². The fraction of sp³-hybridized carbons (Fsp3) is 0.692. The predicted molar refractivity (Wildman–Crippen MR) is 170 cm³/mol. The van der Waals surface area contributed by atoms with Gasteiger partial charge in [0.15, 0.2) is 0 Å². The van der Waals surface area contributed by atoms with Crippen LogP contribution in [-0.4, -0.2) is 151 Å². The number of halogens is 3. The number of nitrogens with one attached hydrogen (secondary N) is 5. The number of carbonyl (C=O) groups is 8. The first kappa shape index (κ1) is 43.7. The number of hydrogen-bond acceptors (Lipinski definition) is 10. The van der Waals surface area contributed by atoms with E-state index in [2.05, 4.69) is 42.5 Å². The summed E-state index contributed by atoms with van der Waals surface area (Å²) in [7, 11) is 0. The van der Waals surface area contributed by atoms with Crippen molar-refractivity contribution in [3.05, 3.63) is 0 Å². The molecule has 0 fully saturated rings. The summed E-state index contributed by atoms with van der Waals surface area (Å²) in [5.41, 5.74) is 0. The molecule has 21 heteroatoms. The highest BCUT2D eigenvalue weighted by atomic mass is 79.9. The molecule has 0 heterocycles. The number of nitrogens with zero attached hydrogens (tertiary/aromatic N) is 1. The number of carboxylic acid groups (broad SMARTS) is 2. The lowest BCUT2D eigenvalue weighted by Crippen LogP contribution is -2.52. The van der Waals surface area contributed by atoms with Crippen LogP contribution in [0.15, 0.2) is 0 Å². The van der Waals surface area contributed by atoms with Gasteiger partial charge in [0.2, 0.25) is 35.4 Å². The second-order valence-electron chi connectivity index (χ2n) is 9.49. The molecule has 2 unspecified atom stereocenters. The quantitative estimate of drug-likeness (QED) is 0.0345. The van der Waals surface area contributed by atoms with Gasteiger partial charge in [0.25, 0.3) is 0 Å². The fourth-order valence-electron chi connectivity index (χ4n) is 3.56. The van der Waals surface area contributed by atoms with Gasteiger partial charge in [-0.2, -0.15) is 0 Å². The first-order chi connectivity index (χ1) is 22.3. The topological polar surface area (TPSA) is 259 Å². The predicted octanol–water partition coefficient (Wildman–Crippen LogP) is -2.23. The zero-order valence-corrected chi connectivity index (χ0v) is 28.6. The zero-order chi connectivity index (χ0) is 35.6. The Morgan fingerprint density at radius 3 is 1.72 bits per heavy atom. The molecule has 7 N–H and O–H groups in total. The summed E-state index contributed by atoms with van der Waals surface area (Å²) in [6.07, 6.45) is -1.63. The van der Waals surface area contributed by atoms with Crippen LogP contribution in [0.4, 0.5) is 0 Å². The van der Waals surface area contributed by atoms with Crippen LogP contribution in [-0.2, 0) is 47.8 Å². The lowest BCUT2D eigenvalue weighted by atomic mass is 10.1. The fourth-order valence-corrected chi connectivity index (χ4v) is 3.95. The Balaban J connectivity index is 5.09. The van der Waals surface area contributed by atoms with Crippen LogP contribution in [0.2, 0.25) is 0 Å². The van der Waals surface area contributed by atoms with Gasteiger partial charge in [-0.05, 0) is 12.8 Å². The molecule has 0 aromatic carbocycles. The van der Waals surface area contributed by atoms with Gasteiger partial charge in [-0.25, -0.2) is 4.79 Å². The van der Waals surface area contributed by atoms with E-state index in [0.717, 1.165) is 0 Å². The summed E-state index contributed by atoms with van der Waals surface area (Å²) in [6, 6.07) is -2.83. The van der Waals surface area contributed by atoms with Crippen LogP contribution < -0.4 is 26.6 Å². The number of amides is 6. The van der Waals surface area contributed by atoms with E-state index in [1.54, 1.807) is 0 Å². The lowest BCUT2D eigenvalue weighted by Gasteiger charge is -2.28. The molecule has 6 amide bonds. The van der Waals surface area contributed by atoms with Crippen molar-refractivity contribution in [3.63, 3.8) is 0 Å². The summed E-state index contributed by atoms with van der Waals surface area (Å²) in [6.45, 7) is -0.0688. The average Bonchev–Trinajstić information content (AvgIpc) is 3.04. The minimum atomic E-state index is -1.48. The smallest absolute Gasteiger partial charge is 0.326 e. The Kier molecular flexibility index (Phi) is 24.9. The van der Waals surface area contributed by atoms with E-state index in [4.69, 9.17) is 37.8 Å². The monoisotopic (exact) mass is 778 g/mol. The number of ether oxygens (including phenoxy) is 2. The zero-order valence-electron chi connectivity index (χ0n) is 25.5. The van der Waals surface area contributed by atoms with Gasteiger partial charge in [-0.1, -0.05) is 15.9 Å². The molecule has 0 aromatic heterocycles. The molecule has 47 heavy (non-hydrogen) atoms. The highest BCUT2D eigenvalue weighted by molar-refractivity contribution is 9.09. The number of alkyl halides is 3. The van der Waals surface area contributed by atoms with Gasteiger partial charge >= 0.3 is 11.9 Å². The SMILES string of the molecule is O=C(O)CCC(NC(=O)CCC(NC(=O)COCCOCCNC(=O)CBr)C(=O)O)C(=O)N(CCNC(=O)CCl)CCNC(=O)CCl. The van der Waals surface area contributed by atoms with Crippen LogP contribution in [0.3, 0.4) is 0 Å². The standard InChI is InChI=1S/C26H41BrCl2N6O12/c27-13-20(37)32-7-10-46-11-12-47-16-23(40)34-18(26(44)45)1-3-19(36)33-17(2-4-24(41)42)25(43)35(8-5-30-21(38)14-28)9-6-31-22(39)15-29/h17-18H,1-16H2,(H,30,38)(H,31,39)(H,32,37)(H,33,36)(H,34,40)(H,41,42)(H,44,45). The largest absolute Gasteiger partial charge is 0.481 e. The minimum absolute atomic E-state index is 0.0148. The molecule has 0 radical (unpaired) electrons. The maximum absolute atomic E-state index is 13.4. The summed E-state index contributed by atoms with van der Waals surface area (Å²) in [5, 5.41) is 31.0. The van der Waals surface area contributed by atoms with E-state index in [1.807, 2.05) is 0 Å². The second kappa shape index (κ2) is 26.8. The van der Waals surface area contributed by atoms with E-state index in [9.17, 15) is 43.5 Å². The average molecular weight is 780 g/mol. The Morgan fingerprint density at radius 2 is 1.19 bits per heavy atom. The Hall–Kier alpha value is -3.26. The van der Waals surface area contributed by atoms with E-state index >= 15 is 0 Å². The summed E-state index contributed by atoms with van der Waals surface area (Å²) < 4.78 is 10.4. The summed E-state index contributed by atoms with van der Waals surface area (Å²) in [4.78, 5) is 96.5. The van der Waals surface area contributed by atoms with E-state index in [-0.39, 0.29) is 88.4 Å². The molecule has 0 saturated carbocycles. The number of carboxylic acids is 2. The molecule has 0 aliphatic rings. The molecule has 0 aromatic rings. The Labute approximate surface area is 289 Å². The third-order valence-corrected chi connectivity index (χ3v) is 6.83. The molecule has 0 rings (SSSR count). The van der Waals surface area contributed by atoms with Crippen molar-refractivity contribution >= 4 is 86.5 Å². The van der Waals surface area contributed by atoms with E-state index < -0.39 is 73.0 Å². The van der Waals surface area contributed by atoms with Crippen molar-refractivity contribution in [1.29, 1.82) is 0 Å². The van der Waals surface area contributed by atoms with Crippen LogP contribution in [0.5, 0.6) is 0 Å². The van der Waals surface area contributed by atoms with Gasteiger partial charge in [-0.3, -0.25) is 33.6 Å². The molecule has 0 aliphatic heterocycles. The second-order valence-corrected chi connectivity index (χ2v) is 10.6. The molecule has 2 atom stereocenters. The van der Waals surface area contributed by atoms with Gasteiger partial charge in [0, 0.05) is 45.6 Å². The molecule has 0 saturated heterocycles. The van der Waals surface area contributed by atoms with Crippen molar-refractivity contribution in [2.24, 2.45) is 0 Å². The highest BCUT2D eigenvalue weighted by Gasteiger charge is 2.28. The van der Waals surface area contributed by atoms with Crippen molar-refractivity contribution < 1.29 is 58.0 Å². The maximum atomic E-state index is 13.4. The third-order valence-electron chi connectivity index (χ3n) is 5.83. The summed E-state index contributed by atoms with van der Waals surface area (Å²) in [5.74, 6) is -6.80. The molecule has 268 valence electrons. The molecule has 18 nitrogen and oxygen atoms in total. The third kappa shape index (κ3) is 22.8. The summed E-state index contributed by atoms with van der Waals surface area (Å²) >= 11 is 13.9. The molecular weight excluding hydrogens is 739 g/mol.